The fraction of sp³-hybridized carbons (Fsp3) is 0.417. The van der Waals surface area contributed by atoms with E-state index in [1.807, 2.05) is 0 Å². The number of halogens is 2. The summed E-state index contributed by atoms with van der Waals surface area (Å²) in [5.74, 6) is -0.237. The average molecular weight is 256 g/mol. The number of rotatable bonds is 3. The van der Waals surface area contributed by atoms with Crippen molar-refractivity contribution in [3.8, 4) is 5.75 Å². The molecule has 1 amide bonds. The Morgan fingerprint density at radius 1 is 1.33 bits per heavy atom. The predicted molar refractivity (Wildman–Crippen MR) is 61.4 cm³/mol. The standard InChI is InChI=1S/C12H14F2N2O2/c1-12(10(17)15-6-7-16-12)8-4-2-3-5-9(8)18-11(13)14/h2-5,11,16H,6-7H2,1H3,(H,15,17). The van der Waals surface area contributed by atoms with E-state index in [0.717, 1.165) is 0 Å². The van der Waals surface area contributed by atoms with Gasteiger partial charge in [-0.2, -0.15) is 8.78 Å². The molecule has 0 aromatic heterocycles. The molecule has 1 aromatic carbocycles. The molecule has 1 saturated heterocycles. The summed E-state index contributed by atoms with van der Waals surface area (Å²) >= 11 is 0. The van der Waals surface area contributed by atoms with E-state index in [2.05, 4.69) is 15.4 Å². The molecule has 1 unspecified atom stereocenters. The number of para-hydroxylation sites is 1. The lowest BCUT2D eigenvalue weighted by Crippen LogP contribution is -2.59. The minimum atomic E-state index is -2.92. The molecule has 1 atom stereocenters. The Bertz CT molecular complexity index is 453. The van der Waals surface area contributed by atoms with E-state index in [9.17, 15) is 13.6 Å². The molecule has 0 radical (unpaired) electrons. The number of benzene rings is 1. The van der Waals surface area contributed by atoms with Crippen LogP contribution in [0.5, 0.6) is 5.75 Å². The van der Waals surface area contributed by atoms with Gasteiger partial charge in [0.25, 0.3) is 0 Å². The normalized spacial score (nSPS) is 23.9. The Kier molecular flexibility index (Phi) is 3.47. The van der Waals surface area contributed by atoms with Gasteiger partial charge in [0.1, 0.15) is 11.3 Å². The number of hydrogen-bond acceptors (Lipinski definition) is 3. The van der Waals surface area contributed by atoms with Gasteiger partial charge in [0.15, 0.2) is 0 Å². The van der Waals surface area contributed by atoms with Crippen LogP contribution in [-0.4, -0.2) is 25.6 Å². The monoisotopic (exact) mass is 256 g/mol. The lowest BCUT2D eigenvalue weighted by Gasteiger charge is -2.35. The number of nitrogens with one attached hydrogen (secondary N) is 2. The Morgan fingerprint density at radius 2 is 2.06 bits per heavy atom. The summed E-state index contributed by atoms with van der Waals surface area (Å²) in [6, 6.07) is 6.31. The number of carbonyl (C=O) groups excluding carboxylic acids is 1. The summed E-state index contributed by atoms with van der Waals surface area (Å²) in [4.78, 5) is 11.9. The van der Waals surface area contributed by atoms with Gasteiger partial charge in [-0.25, -0.2) is 0 Å². The Balaban J connectivity index is 2.39. The van der Waals surface area contributed by atoms with Crippen LogP contribution in [0.15, 0.2) is 24.3 Å². The molecule has 18 heavy (non-hydrogen) atoms. The van der Waals surface area contributed by atoms with Gasteiger partial charge in [0, 0.05) is 18.7 Å². The van der Waals surface area contributed by atoms with Crippen LogP contribution in [0.4, 0.5) is 8.78 Å². The molecule has 1 heterocycles. The van der Waals surface area contributed by atoms with Crippen molar-refractivity contribution in [2.75, 3.05) is 13.1 Å². The van der Waals surface area contributed by atoms with Crippen molar-refractivity contribution in [2.45, 2.75) is 19.1 Å². The van der Waals surface area contributed by atoms with E-state index in [1.165, 1.54) is 6.07 Å². The zero-order chi connectivity index (χ0) is 13.2. The molecule has 98 valence electrons. The summed E-state index contributed by atoms with van der Waals surface area (Å²) in [7, 11) is 0. The van der Waals surface area contributed by atoms with Crippen molar-refractivity contribution in [3.05, 3.63) is 29.8 Å². The molecule has 0 aliphatic carbocycles. The van der Waals surface area contributed by atoms with Gasteiger partial charge >= 0.3 is 6.61 Å². The van der Waals surface area contributed by atoms with E-state index in [0.29, 0.717) is 18.7 Å². The maximum atomic E-state index is 12.3. The molecule has 1 fully saturated rings. The third-order valence-corrected chi connectivity index (χ3v) is 2.99. The van der Waals surface area contributed by atoms with Crippen molar-refractivity contribution in [3.63, 3.8) is 0 Å². The number of hydrogen-bond donors (Lipinski definition) is 2. The minimum absolute atomic E-state index is 0.0135. The van der Waals surface area contributed by atoms with E-state index in [1.54, 1.807) is 25.1 Å². The second kappa shape index (κ2) is 4.89. The lowest BCUT2D eigenvalue weighted by atomic mass is 9.89. The fourth-order valence-electron chi connectivity index (χ4n) is 2.04. The number of alkyl halides is 2. The summed E-state index contributed by atoms with van der Waals surface area (Å²) < 4.78 is 29.2. The van der Waals surface area contributed by atoms with Crippen LogP contribution >= 0.6 is 0 Å². The van der Waals surface area contributed by atoms with Gasteiger partial charge in [0.2, 0.25) is 5.91 Å². The van der Waals surface area contributed by atoms with Crippen LogP contribution in [0.2, 0.25) is 0 Å². The fourth-order valence-corrected chi connectivity index (χ4v) is 2.04. The van der Waals surface area contributed by atoms with E-state index in [4.69, 9.17) is 0 Å². The zero-order valence-electron chi connectivity index (χ0n) is 9.87. The summed E-state index contributed by atoms with van der Waals surface area (Å²) in [5.41, 5.74) is -0.647. The van der Waals surface area contributed by atoms with Crippen molar-refractivity contribution < 1.29 is 18.3 Å². The maximum absolute atomic E-state index is 12.3. The van der Waals surface area contributed by atoms with Gasteiger partial charge in [-0.05, 0) is 13.0 Å². The summed E-state index contributed by atoms with van der Waals surface area (Å²) in [6.45, 7) is -0.173. The van der Waals surface area contributed by atoms with Crippen molar-refractivity contribution in [1.29, 1.82) is 0 Å². The third-order valence-electron chi connectivity index (χ3n) is 2.99. The molecule has 1 aliphatic rings. The predicted octanol–water partition coefficient (Wildman–Crippen LogP) is 1.22. The Hall–Kier alpha value is -1.69. The van der Waals surface area contributed by atoms with Crippen LogP contribution < -0.4 is 15.4 Å². The van der Waals surface area contributed by atoms with Gasteiger partial charge in [-0.1, -0.05) is 18.2 Å². The molecular weight excluding hydrogens is 242 g/mol. The maximum Gasteiger partial charge on any atom is 0.387 e. The minimum Gasteiger partial charge on any atom is -0.434 e. The van der Waals surface area contributed by atoms with Crippen LogP contribution in [0.3, 0.4) is 0 Å². The van der Waals surface area contributed by atoms with Crippen molar-refractivity contribution in [1.82, 2.24) is 10.6 Å². The first-order valence-corrected chi connectivity index (χ1v) is 5.61. The second-order valence-electron chi connectivity index (χ2n) is 4.18. The van der Waals surface area contributed by atoms with Gasteiger partial charge < -0.3 is 10.1 Å². The molecule has 6 heteroatoms. The van der Waals surface area contributed by atoms with E-state index < -0.39 is 12.2 Å². The van der Waals surface area contributed by atoms with Crippen molar-refractivity contribution in [2.24, 2.45) is 0 Å². The van der Waals surface area contributed by atoms with Crippen LogP contribution in [0.1, 0.15) is 12.5 Å². The lowest BCUT2D eigenvalue weighted by molar-refractivity contribution is -0.129. The molecule has 1 aromatic rings. The number of amides is 1. The second-order valence-corrected chi connectivity index (χ2v) is 4.18. The van der Waals surface area contributed by atoms with Gasteiger partial charge in [0.05, 0.1) is 0 Å². The number of piperazine rings is 1. The van der Waals surface area contributed by atoms with Crippen LogP contribution in [0, 0.1) is 0 Å². The molecule has 2 rings (SSSR count). The molecule has 4 nitrogen and oxygen atoms in total. The first-order chi connectivity index (χ1) is 8.54. The first-order valence-electron chi connectivity index (χ1n) is 5.61. The van der Waals surface area contributed by atoms with E-state index >= 15 is 0 Å². The largest absolute Gasteiger partial charge is 0.434 e. The molecule has 2 N–H and O–H groups in total. The average Bonchev–Trinajstić information content (AvgIpc) is 2.33. The highest BCUT2D eigenvalue weighted by Gasteiger charge is 2.39. The SMILES string of the molecule is CC1(c2ccccc2OC(F)F)NCCNC1=O. The highest BCUT2D eigenvalue weighted by molar-refractivity contribution is 5.88. The number of ether oxygens (including phenoxy) is 1. The van der Waals surface area contributed by atoms with Crippen LogP contribution in [-0.2, 0) is 10.3 Å². The first kappa shape index (κ1) is 12.8. The molecule has 0 spiro atoms. The smallest absolute Gasteiger partial charge is 0.387 e. The Labute approximate surface area is 103 Å². The van der Waals surface area contributed by atoms with Gasteiger partial charge in [-0.3, -0.25) is 10.1 Å². The summed E-state index contributed by atoms with van der Waals surface area (Å²) in [5, 5.41) is 5.75. The Morgan fingerprint density at radius 3 is 2.72 bits per heavy atom. The highest BCUT2D eigenvalue weighted by Crippen LogP contribution is 2.31. The number of carbonyl (C=O) groups is 1. The molecular formula is C12H14F2N2O2. The zero-order valence-corrected chi connectivity index (χ0v) is 9.87. The molecule has 0 bridgehead atoms. The topological polar surface area (TPSA) is 50.4 Å². The van der Waals surface area contributed by atoms with E-state index in [-0.39, 0.29) is 11.7 Å². The third kappa shape index (κ3) is 2.28. The van der Waals surface area contributed by atoms with Crippen LogP contribution in [0.25, 0.3) is 0 Å². The molecule has 0 saturated carbocycles. The summed E-state index contributed by atoms with van der Waals surface area (Å²) in [6.07, 6.45) is 0. The highest BCUT2D eigenvalue weighted by atomic mass is 19.3. The van der Waals surface area contributed by atoms with Gasteiger partial charge in [-0.15, -0.1) is 0 Å². The molecule has 1 aliphatic heterocycles. The van der Waals surface area contributed by atoms with Crippen molar-refractivity contribution >= 4 is 5.91 Å². The quantitative estimate of drug-likeness (QED) is 0.855.